The highest BCUT2D eigenvalue weighted by molar-refractivity contribution is 5.94. The third kappa shape index (κ3) is 2.93. The molecular formula is C15H13F2NO2. The minimum absolute atomic E-state index is 0.122. The number of carbonyl (C=O) groups is 1. The van der Waals surface area contributed by atoms with E-state index >= 15 is 0 Å². The Hall–Kier alpha value is -2.43. The van der Waals surface area contributed by atoms with Gasteiger partial charge in [-0.1, -0.05) is 24.3 Å². The third-order valence-corrected chi connectivity index (χ3v) is 2.82. The van der Waals surface area contributed by atoms with E-state index < -0.39 is 23.1 Å². The van der Waals surface area contributed by atoms with Crippen LogP contribution in [0.2, 0.25) is 0 Å². The zero-order valence-corrected chi connectivity index (χ0v) is 10.8. The highest BCUT2D eigenvalue weighted by Gasteiger charge is 2.16. The number of hydrogen-bond acceptors (Lipinski definition) is 2. The van der Waals surface area contributed by atoms with Gasteiger partial charge < -0.3 is 10.1 Å². The minimum Gasteiger partial charge on any atom is -0.496 e. The molecule has 0 saturated heterocycles. The molecule has 2 aromatic rings. The number of nitrogens with one attached hydrogen (secondary N) is 1. The summed E-state index contributed by atoms with van der Waals surface area (Å²) in [6, 6.07) is 10.4. The summed E-state index contributed by atoms with van der Waals surface area (Å²) >= 11 is 0. The number of ether oxygens (including phenoxy) is 1. The fraction of sp³-hybridized carbons (Fsp3) is 0.133. The molecule has 0 bridgehead atoms. The molecular weight excluding hydrogens is 264 g/mol. The summed E-state index contributed by atoms with van der Waals surface area (Å²) in [6.45, 7) is 0.122. The summed E-state index contributed by atoms with van der Waals surface area (Å²) in [7, 11) is 1.51. The third-order valence-electron chi connectivity index (χ3n) is 2.82. The van der Waals surface area contributed by atoms with Gasteiger partial charge in [0.05, 0.1) is 7.11 Å². The number of amides is 1. The van der Waals surface area contributed by atoms with Crippen LogP contribution in [0.1, 0.15) is 15.9 Å². The van der Waals surface area contributed by atoms with E-state index in [-0.39, 0.29) is 6.54 Å². The van der Waals surface area contributed by atoms with Gasteiger partial charge in [0.25, 0.3) is 5.91 Å². The first-order chi connectivity index (χ1) is 9.63. The summed E-state index contributed by atoms with van der Waals surface area (Å²) in [6.07, 6.45) is 0. The van der Waals surface area contributed by atoms with Gasteiger partial charge in [-0.05, 0) is 18.2 Å². The first-order valence-corrected chi connectivity index (χ1v) is 5.97. The molecule has 1 amide bonds. The molecule has 3 nitrogen and oxygen atoms in total. The van der Waals surface area contributed by atoms with Crippen LogP contribution < -0.4 is 10.1 Å². The summed E-state index contributed by atoms with van der Waals surface area (Å²) < 4.78 is 32.0. The lowest BCUT2D eigenvalue weighted by atomic mass is 10.1. The molecule has 104 valence electrons. The van der Waals surface area contributed by atoms with Crippen molar-refractivity contribution >= 4 is 5.91 Å². The standard InChI is InChI=1S/C15H13F2NO2/c1-20-13-8-3-2-5-10(13)9-18-15(19)14-11(16)6-4-7-12(14)17/h2-8H,9H2,1H3,(H,18,19). The maximum Gasteiger partial charge on any atom is 0.257 e. The molecule has 0 saturated carbocycles. The lowest BCUT2D eigenvalue weighted by Crippen LogP contribution is -2.25. The van der Waals surface area contributed by atoms with Crippen molar-refractivity contribution in [1.29, 1.82) is 0 Å². The normalized spacial score (nSPS) is 10.2. The number of methoxy groups -OCH3 is 1. The number of para-hydroxylation sites is 1. The van der Waals surface area contributed by atoms with Crippen LogP contribution in [0.25, 0.3) is 0 Å². The van der Waals surface area contributed by atoms with Gasteiger partial charge in [0.1, 0.15) is 22.9 Å². The molecule has 0 aromatic heterocycles. The molecule has 0 unspecified atom stereocenters. The van der Waals surface area contributed by atoms with Crippen molar-refractivity contribution in [2.45, 2.75) is 6.54 Å². The van der Waals surface area contributed by atoms with E-state index in [0.29, 0.717) is 5.75 Å². The second-order valence-corrected chi connectivity index (χ2v) is 4.09. The molecule has 1 N–H and O–H groups in total. The second kappa shape index (κ2) is 6.14. The Bertz CT molecular complexity index is 609. The zero-order valence-electron chi connectivity index (χ0n) is 10.8. The first kappa shape index (κ1) is 14.0. The minimum atomic E-state index is -0.887. The van der Waals surface area contributed by atoms with Crippen LogP contribution in [0.5, 0.6) is 5.75 Å². The highest BCUT2D eigenvalue weighted by atomic mass is 19.1. The average Bonchev–Trinajstić information content (AvgIpc) is 2.45. The van der Waals surface area contributed by atoms with Crippen LogP contribution in [-0.2, 0) is 6.54 Å². The van der Waals surface area contributed by atoms with Gasteiger partial charge in [-0.3, -0.25) is 4.79 Å². The van der Waals surface area contributed by atoms with Crippen molar-refractivity contribution in [2.75, 3.05) is 7.11 Å². The van der Waals surface area contributed by atoms with Crippen LogP contribution in [-0.4, -0.2) is 13.0 Å². The Morgan fingerprint density at radius 1 is 1.10 bits per heavy atom. The van der Waals surface area contributed by atoms with Crippen LogP contribution in [0.3, 0.4) is 0 Å². The molecule has 0 aliphatic carbocycles. The largest absolute Gasteiger partial charge is 0.496 e. The summed E-state index contributed by atoms with van der Waals surface area (Å²) in [5.41, 5.74) is 0.141. The maximum atomic E-state index is 13.4. The van der Waals surface area contributed by atoms with Gasteiger partial charge in [0, 0.05) is 12.1 Å². The molecule has 2 rings (SSSR count). The van der Waals surface area contributed by atoms with Crippen molar-refractivity contribution in [1.82, 2.24) is 5.32 Å². The predicted octanol–water partition coefficient (Wildman–Crippen LogP) is 2.90. The Morgan fingerprint density at radius 3 is 2.40 bits per heavy atom. The van der Waals surface area contributed by atoms with Crippen molar-refractivity contribution in [3.8, 4) is 5.75 Å². The average molecular weight is 277 g/mol. The molecule has 0 spiro atoms. The molecule has 5 heteroatoms. The zero-order chi connectivity index (χ0) is 14.5. The molecule has 20 heavy (non-hydrogen) atoms. The van der Waals surface area contributed by atoms with Crippen LogP contribution in [0, 0.1) is 11.6 Å². The van der Waals surface area contributed by atoms with Crippen molar-refractivity contribution < 1.29 is 18.3 Å². The van der Waals surface area contributed by atoms with Crippen molar-refractivity contribution in [3.05, 3.63) is 65.2 Å². The number of benzene rings is 2. The fourth-order valence-corrected chi connectivity index (χ4v) is 1.83. The lowest BCUT2D eigenvalue weighted by Gasteiger charge is -2.10. The van der Waals surface area contributed by atoms with Crippen molar-refractivity contribution in [3.63, 3.8) is 0 Å². The molecule has 0 heterocycles. The van der Waals surface area contributed by atoms with Gasteiger partial charge in [-0.25, -0.2) is 8.78 Å². The first-order valence-electron chi connectivity index (χ1n) is 5.97. The molecule has 0 atom stereocenters. The summed E-state index contributed by atoms with van der Waals surface area (Å²) in [5.74, 6) is -1.97. The SMILES string of the molecule is COc1ccccc1CNC(=O)c1c(F)cccc1F. The highest BCUT2D eigenvalue weighted by Crippen LogP contribution is 2.17. The Labute approximate surface area is 115 Å². The molecule has 0 fully saturated rings. The van der Waals surface area contributed by atoms with Gasteiger partial charge in [0.2, 0.25) is 0 Å². The quantitative estimate of drug-likeness (QED) is 0.933. The Balaban J connectivity index is 2.13. The Kier molecular flexibility index (Phi) is 4.30. The molecule has 0 aliphatic rings. The van der Waals surface area contributed by atoms with Crippen molar-refractivity contribution in [2.24, 2.45) is 0 Å². The second-order valence-electron chi connectivity index (χ2n) is 4.09. The van der Waals surface area contributed by atoms with E-state index in [1.54, 1.807) is 24.3 Å². The van der Waals surface area contributed by atoms with Gasteiger partial charge in [0.15, 0.2) is 0 Å². The summed E-state index contributed by atoms with van der Waals surface area (Å²) in [4.78, 5) is 11.8. The van der Waals surface area contributed by atoms with Gasteiger partial charge in [-0.2, -0.15) is 0 Å². The monoisotopic (exact) mass is 277 g/mol. The van der Waals surface area contributed by atoms with E-state index in [4.69, 9.17) is 4.74 Å². The smallest absolute Gasteiger partial charge is 0.257 e. The summed E-state index contributed by atoms with van der Waals surface area (Å²) in [5, 5.41) is 2.47. The predicted molar refractivity (Wildman–Crippen MR) is 70.5 cm³/mol. The lowest BCUT2D eigenvalue weighted by molar-refractivity contribution is 0.0942. The number of halogens is 2. The molecule has 0 radical (unpaired) electrons. The number of hydrogen-bond donors (Lipinski definition) is 1. The van der Waals surface area contributed by atoms with E-state index in [9.17, 15) is 13.6 Å². The van der Waals surface area contributed by atoms with Crippen LogP contribution in [0.4, 0.5) is 8.78 Å². The van der Waals surface area contributed by atoms with Gasteiger partial charge in [-0.15, -0.1) is 0 Å². The fourth-order valence-electron chi connectivity index (χ4n) is 1.83. The van der Waals surface area contributed by atoms with E-state index in [1.165, 1.54) is 13.2 Å². The Morgan fingerprint density at radius 2 is 1.75 bits per heavy atom. The number of carbonyl (C=O) groups excluding carboxylic acids is 1. The van der Waals surface area contributed by atoms with Crippen LogP contribution >= 0.6 is 0 Å². The van der Waals surface area contributed by atoms with E-state index in [2.05, 4.69) is 5.32 Å². The van der Waals surface area contributed by atoms with E-state index in [0.717, 1.165) is 17.7 Å². The number of rotatable bonds is 4. The van der Waals surface area contributed by atoms with Crippen LogP contribution in [0.15, 0.2) is 42.5 Å². The topological polar surface area (TPSA) is 38.3 Å². The molecule has 0 aliphatic heterocycles. The molecule has 2 aromatic carbocycles. The maximum absolute atomic E-state index is 13.4. The van der Waals surface area contributed by atoms with Gasteiger partial charge >= 0.3 is 0 Å². The van der Waals surface area contributed by atoms with E-state index in [1.807, 2.05) is 0 Å².